The zero-order valence-corrected chi connectivity index (χ0v) is 45.3. The molecule has 392 valence electrons. The minimum atomic E-state index is -0.763. The zero-order chi connectivity index (χ0) is 48.2. The largest absolute Gasteiger partial charge is 0.462 e. The Morgan fingerprint density at radius 3 is 0.742 bits per heavy atom. The van der Waals surface area contributed by atoms with Crippen molar-refractivity contribution in [3.05, 3.63) is 0 Å². The van der Waals surface area contributed by atoms with Crippen molar-refractivity contribution in [3.63, 3.8) is 0 Å². The van der Waals surface area contributed by atoms with Gasteiger partial charge in [0.15, 0.2) is 6.10 Å². The Labute approximate surface area is 412 Å². The Morgan fingerprint density at radius 2 is 0.500 bits per heavy atom. The predicted octanol–water partition coefficient (Wildman–Crippen LogP) is 19.7. The number of carbonyl (C=O) groups is 3. The summed E-state index contributed by atoms with van der Waals surface area (Å²) in [6, 6.07) is 0. The molecule has 0 amide bonds. The first-order chi connectivity index (χ1) is 32.2. The highest BCUT2D eigenvalue weighted by Gasteiger charge is 2.19. The molecule has 0 unspecified atom stereocenters. The Kier molecular flexibility index (Phi) is 51.5. The average molecular weight is 934 g/mol. The van der Waals surface area contributed by atoms with Crippen molar-refractivity contribution in [2.45, 2.75) is 343 Å². The molecule has 0 N–H and O–H groups in total. The number of unbranched alkanes of at least 4 members (excludes halogenated alkanes) is 39. The van der Waals surface area contributed by atoms with Gasteiger partial charge in [0.2, 0.25) is 0 Å². The number of ether oxygens (including phenoxy) is 3. The fourth-order valence-electron chi connectivity index (χ4n) is 9.23. The van der Waals surface area contributed by atoms with Gasteiger partial charge in [0.05, 0.1) is 0 Å². The lowest BCUT2D eigenvalue weighted by molar-refractivity contribution is -0.167. The first-order valence-corrected chi connectivity index (χ1v) is 29.7. The third kappa shape index (κ3) is 53.4. The molecule has 0 aromatic heterocycles. The Balaban J connectivity index is 4.24. The van der Waals surface area contributed by atoms with E-state index in [0.29, 0.717) is 19.3 Å². The summed E-state index contributed by atoms with van der Waals surface area (Å²) in [5.74, 6) is 0.809. The van der Waals surface area contributed by atoms with E-state index in [0.717, 1.165) is 69.6 Å². The predicted molar refractivity (Wildman–Crippen MR) is 284 cm³/mol. The molecular weight excluding hydrogens is 817 g/mol. The van der Waals surface area contributed by atoms with Gasteiger partial charge in [-0.15, -0.1) is 0 Å². The number of esters is 3. The maximum atomic E-state index is 12.9. The summed E-state index contributed by atoms with van der Waals surface area (Å²) < 4.78 is 16.9. The SMILES string of the molecule is CCCCCCCCCCCCCCCCCCCCC(=O)O[C@H](COC(=O)CCCCCCCCCCCCCCCCCCC(C)C)COC(=O)CCCCCCCCCCC(C)C. The summed E-state index contributed by atoms with van der Waals surface area (Å²) in [4.78, 5) is 38.1. The molecule has 1 atom stereocenters. The molecule has 0 aliphatic carbocycles. The van der Waals surface area contributed by atoms with Gasteiger partial charge in [-0.3, -0.25) is 14.4 Å². The highest BCUT2D eigenvalue weighted by Crippen LogP contribution is 2.18. The van der Waals surface area contributed by atoms with E-state index < -0.39 is 6.10 Å². The van der Waals surface area contributed by atoms with Crippen LogP contribution < -0.4 is 0 Å². The van der Waals surface area contributed by atoms with Crippen LogP contribution in [0, 0.1) is 11.8 Å². The van der Waals surface area contributed by atoms with Crippen LogP contribution in [0.25, 0.3) is 0 Å². The summed E-state index contributed by atoms with van der Waals surface area (Å²) >= 11 is 0. The molecule has 0 fully saturated rings. The smallest absolute Gasteiger partial charge is 0.306 e. The molecule has 0 radical (unpaired) electrons. The van der Waals surface area contributed by atoms with Gasteiger partial charge < -0.3 is 14.2 Å². The lowest BCUT2D eigenvalue weighted by atomic mass is 10.0. The van der Waals surface area contributed by atoms with Gasteiger partial charge in [0.1, 0.15) is 13.2 Å². The van der Waals surface area contributed by atoms with Crippen molar-refractivity contribution in [1.29, 1.82) is 0 Å². The summed E-state index contributed by atoms with van der Waals surface area (Å²) in [5, 5.41) is 0. The normalized spacial score (nSPS) is 12.0. The topological polar surface area (TPSA) is 78.9 Å². The third-order valence-electron chi connectivity index (χ3n) is 13.7. The van der Waals surface area contributed by atoms with Crippen LogP contribution in [0.4, 0.5) is 0 Å². The molecule has 0 aromatic carbocycles. The minimum Gasteiger partial charge on any atom is -0.462 e. The first kappa shape index (κ1) is 64.4. The van der Waals surface area contributed by atoms with Gasteiger partial charge in [-0.05, 0) is 31.1 Å². The van der Waals surface area contributed by atoms with Crippen LogP contribution in [0.2, 0.25) is 0 Å². The average Bonchev–Trinajstić information content (AvgIpc) is 3.29. The van der Waals surface area contributed by atoms with Crippen molar-refractivity contribution in [2.75, 3.05) is 13.2 Å². The van der Waals surface area contributed by atoms with Crippen LogP contribution in [-0.2, 0) is 28.6 Å². The molecule has 0 aromatic rings. The van der Waals surface area contributed by atoms with Crippen molar-refractivity contribution in [2.24, 2.45) is 11.8 Å². The Bertz CT molecular complexity index is 1010. The summed E-state index contributed by atoms with van der Waals surface area (Å²) in [6.07, 6.45) is 56.8. The second-order valence-corrected chi connectivity index (χ2v) is 21.6. The van der Waals surface area contributed by atoms with Gasteiger partial charge in [0.25, 0.3) is 0 Å². The van der Waals surface area contributed by atoms with E-state index in [-0.39, 0.29) is 31.1 Å². The van der Waals surface area contributed by atoms with E-state index in [1.165, 1.54) is 225 Å². The van der Waals surface area contributed by atoms with Crippen molar-refractivity contribution in [3.8, 4) is 0 Å². The minimum absolute atomic E-state index is 0.0629. The van der Waals surface area contributed by atoms with E-state index in [1.807, 2.05) is 0 Å². The number of hydrogen-bond donors (Lipinski definition) is 0. The fraction of sp³-hybridized carbons (Fsp3) is 0.950. The maximum absolute atomic E-state index is 12.9. The molecule has 0 aliphatic heterocycles. The molecule has 6 heteroatoms. The number of rotatable bonds is 54. The molecule has 0 saturated carbocycles. The van der Waals surface area contributed by atoms with Crippen molar-refractivity contribution in [1.82, 2.24) is 0 Å². The Hall–Kier alpha value is -1.59. The standard InChI is InChI=1S/C60H116O6/c1-6-7-8-9-10-11-12-13-14-15-16-21-24-27-30-37-42-47-52-60(63)66-57(54-65-59(62)51-46-41-36-32-31-34-39-44-49-56(4)5)53-64-58(61)50-45-40-35-29-26-23-20-18-17-19-22-25-28-33-38-43-48-55(2)3/h55-57H,6-54H2,1-5H3/t57-/m1/s1. The van der Waals surface area contributed by atoms with Gasteiger partial charge >= 0.3 is 17.9 Å². The first-order valence-electron chi connectivity index (χ1n) is 29.7. The Morgan fingerprint density at radius 1 is 0.288 bits per heavy atom. The van der Waals surface area contributed by atoms with Gasteiger partial charge in [-0.25, -0.2) is 0 Å². The van der Waals surface area contributed by atoms with Crippen molar-refractivity contribution >= 4 is 17.9 Å². The highest BCUT2D eigenvalue weighted by molar-refractivity contribution is 5.71. The molecule has 6 nitrogen and oxygen atoms in total. The van der Waals surface area contributed by atoms with E-state index in [2.05, 4.69) is 34.6 Å². The molecule has 0 aliphatic rings. The molecule has 66 heavy (non-hydrogen) atoms. The van der Waals surface area contributed by atoms with E-state index in [9.17, 15) is 14.4 Å². The summed E-state index contributed by atoms with van der Waals surface area (Å²) in [5.41, 5.74) is 0. The highest BCUT2D eigenvalue weighted by atomic mass is 16.6. The van der Waals surface area contributed by atoms with E-state index in [1.54, 1.807) is 0 Å². The monoisotopic (exact) mass is 933 g/mol. The van der Waals surface area contributed by atoms with Crippen LogP contribution in [0.3, 0.4) is 0 Å². The zero-order valence-electron chi connectivity index (χ0n) is 45.3. The van der Waals surface area contributed by atoms with E-state index >= 15 is 0 Å². The van der Waals surface area contributed by atoms with Gasteiger partial charge in [-0.2, -0.15) is 0 Å². The van der Waals surface area contributed by atoms with Crippen LogP contribution in [0.5, 0.6) is 0 Å². The quantitative estimate of drug-likeness (QED) is 0.0343. The lowest BCUT2D eigenvalue weighted by Crippen LogP contribution is -2.30. The number of carbonyl (C=O) groups excluding carboxylic acids is 3. The maximum Gasteiger partial charge on any atom is 0.306 e. The molecule has 0 bridgehead atoms. The second kappa shape index (κ2) is 52.8. The molecule has 0 spiro atoms. The summed E-state index contributed by atoms with van der Waals surface area (Å²) in [6.45, 7) is 11.4. The van der Waals surface area contributed by atoms with Crippen LogP contribution in [0.1, 0.15) is 336 Å². The number of hydrogen-bond acceptors (Lipinski definition) is 6. The van der Waals surface area contributed by atoms with Crippen LogP contribution >= 0.6 is 0 Å². The fourth-order valence-corrected chi connectivity index (χ4v) is 9.23. The van der Waals surface area contributed by atoms with Crippen molar-refractivity contribution < 1.29 is 28.6 Å². The third-order valence-corrected chi connectivity index (χ3v) is 13.7. The second-order valence-electron chi connectivity index (χ2n) is 21.6. The molecule has 0 heterocycles. The van der Waals surface area contributed by atoms with Gasteiger partial charge in [0, 0.05) is 19.3 Å². The van der Waals surface area contributed by atoms with Crippen LogP contribution in [-0.4, -0.2) is 37.2 Å². The van der Waals surface area contributed by atoms with Crippen LogP contribution in [0.15, 0.2) is 0 Å². The van der Waals surface area contributed by atoms with E-state index in [4.69, 9.17) is 14.2 Å². The molecule has 0 saturated heterocycles. The molecule has 0 rings (SSSR count). The molecular formula is C60H116O6. The lowest BCUT2D eigenvalue weighted by Gasteiger charge is -2.18. The van der Waals surface area contributed by atoms with Gasteiger partial charge in [-0.1, -0.05) is 298 Å². The summed E-state index contributed by atoms with van der Waals surface area (Å²) in [7, 11) is 0.